The van der Waals surface area contributed by atoms with Crippen LogP contribution < -0.4 is 9.78 Å². The van der Waals surface area contributed by atoms with Crippen molar-refractivity contribution in [2.24, 2.45) is 0 Å². The number of amides is 1. The normalized spacial score (nSPS) is 10.1. The Morgan fingerprint density at radius 3 is 2.44 bits per heavy atom. The first-order valence-corrected chi connectivity index (χ1v) is 6.69. The van der Waals surface area contributed by atoms with E-state index in [0.29, 0.717) is 17.1 Å². The van der Waals surface area contributed by atoms with Crippen LogP contribution in [0.25, 0.3) is 0 Å². The summed E-state index contributed by atoms with van der Waals surface area (Å²) >= 11 is 8.68. The van der Waals surface area contributed by atoms with Crippen LogP contribution in [0.4, 0.5) is 0 Å². The number of benzene rings is 2. The molecule has 1 N–H and O–H groups in total. The number of rotatable bonds is 3. The fourth-order valence-corrected chi connectivity index (χ4v) is 2.16. The minimum atomic E-state index is -0.0840. The van der Waals surface area contributed by atoms with Crippen molar-refractivity contribution >= 4 is 38.0 Å². The van der Waals surface area contributed by atoms with Gasteiger partial charge in [-0.1, -0.05) is 0 Å². The number of nitrogens with one attached hydrogen (secondary N) is 1. The van der Waals surface area contributed by atoms with E-state index in [2.05, 4.69) is 21.3 Å². The maximum absolute atomic E-state index is 11.9. The van der Waals surface area contributed by atoms with E-state index in [-0.39, 0.29) is 5.91 Å². The number of hydrogen-bond acceptors (Lipinski definition) is 1. The molecular weight excluding hydrogens is 313 g/mol. The molecule has 4 heteroatoms. The molecule has 0 unspecified atom stereocenters. The van der Waals surface area contributed by atoms with Crippen LogP contribution in [0.5, 0.6) is 0 Å². The second-order valence-electron chi connectivity index (χ2n) is 3.81. The van der Waals surface area contributed by atoms with E-state index in [9.17, 15) is 4.79 Å². The summed E-state index contributed by atoms with van der Waals surface area (Å²) in [6.45, 7) is 0.490. The number of carbonyl (C=O) groups is 1. The van der Waals surface area contributed by atoms with Crippen LogP contribution in [0.1, 0.15) is 15.9 Å². The third kappa shape index (κ3) is 3.36. The second kappa shape index (κ2) is 6.05. The van der Waals surface area contributed by atoms with E-state index in [1.165, 1.54) is 0 Å². The third-order valence-electron chi connectivity index (χ3n) is 2.50. The predicted octanol–water partition coefficient (Wildman–Crippen LogP) is 2.06. The summed E-state index contributed by atoms with van der Waals surface area (Å²) in [6, 6.07) is 14.8. The van der Waals surface area contributed by atoms with Crippen molar-refractivity contribution < 1.29 is 4.79 Å². The van der Waals surface area contributed by atoms with Crippen LogP contribution >= 0.6 is 11.6 Å². The Kier molecular flexibility index (Phi) is 4.43. The topological polar surface area (TPSA) is 29.1 Å². The van der Waals surface area contributed by atoms with Gasteiger partial charge in [0.15, 0.2) is 0 Å². The minimum absolute atomic E-state index is 0.0840. The molecule has 91 valence electrons. The molecule has 0 spiro atoms. The van der Waals surface area contributed by atoms with Gasteiger partial charge in [0.1, 0.15) is 0 Å². The molecule has 0 saturated carbocycles. The molecule has 1 amide bonds. The molecule has 1 radical (unpaired) electrons. The van der Waals surface area contributed by atoms with Crippen molar-refractivity contribution in [2.75, 3.05) is 0 Å². The average Bonchev–Trinajstić information content (AvgIpc) is 2.38. The summed E-state index contributed by atoms with van der Waals surface area (Å²) in [7, 11) is 0. The predicted molar refractivity (Wildman–Crippen MR) is 74.5 cm³/mol. The van der Waals surface area contributed by atoms with Gasteiger partial charge in [-0.15, -0.1) is 0 Å². The fraction of sp³-hybridized carbons (Fsp3) is 0.0714. The summed E-state index contributed by atoms with van der Waals surface area (Å²) in [5.41, 5.74) is 1.68. The van der Waals surface area contributed by atoms with Gasteiger partial charge in [0.2, 0.25) is 0 Å². The molecule has 2 aromatic carbocycles. The molecule has 2 nitrogen and oxygen atoms in total. The van der Waals surface area contributed by atoms with Gasteiger partial charge in [-0.2, -0.15) is 0 Å². The van der Waals surface area contributed by atoms with Crippen molar-refractivity contribution in [2.45, 2.75) is 6.54 Å². The third-order valence-corrected chi connectivity index (χ3v) is 3.50. The molecule has 0 aromatic heterocycles. The molecule has 0 saturated heterocycles. The molecule has 0 aliphatic heterocycles. The Bertz CT molecular complexity index is 554. The zero-order valence-corrected chi connectivity index (χ0v) is 12.0. The van der Waals surface area contributed by atoms with E-state index < -0.39 is 0 Å². The summed E-state index contributed by atoms with van der Waals surface area (Å²) in [6.07, 6.45) is 0. The fourth-order valence-electron chi connectivity index (χ4n) is 1.53. The van der Waals surface area contributed by atoms with E-state index >= 15 is 0 Å². The van der Waals surface area contributed by atoms with E-state index in [0.717, 1.165) is 10.0 Å². The first kappa shape index (κ1) is 13.2. The van der Waals surface area contributed by atoms with Crippen LogP contribution in [0.3, 0.4) is 0 Å². The SMILES string of the molecule is O=C(NCc1ccc(Cl)cc1)c1ccccc1[Se]. The van der Waals surface area contributed by atoms with Crippen molar-refractivity contribution in [1.82, 2.24) is 5.32 Å². The molecule has 2 aromatic rings. The Labute approximate surface area is 119 Å². The maximum atomic E-state index is 11.9. The standard InChI is InChI=1S/C14H11ClNOSe/c15-11-7-5-10(6-8-11)9-16-14(17)12-3-1-2-4-13(12)18/h1-8H,9H2,(H,16,17). The van der Waals surface area contributed by atoms with Crippen LogP contribution in [0.2, 0.25) is 5.02 Å². The van der Waals surface area contributed by atoms with E-state index in [1.807, 2.05) is 42.5 Å². The number of carbonyl (C=O) groups excluding carboxylic acids is 1. The average molecular weight is 324 g/mol. The first-order chi connectivity index (χ1) is 8.66. The van der Waals surface area contributed by atoms with Gasteiger partial charge in [-0.25, -0.2) is 0 Å². The Morgan fingerprint density at radius 1 is 1.11 bits per heavy atom. The van der Waals surface area contributed by atoms with Crippen molar-refractivity contribution in [3.05, 3.63) is 64.7 Å². The van der Waals surface area contributed by atoms with Crippen molar-refractivity contribution in [3.8, 4) is 0 Å². The molecule has 2 rings (SSSR count). The summed E-state index contributed by atoms with van der Waals surface area (Å²) in [4.78, 5) is 11.9. The van der Waals surface area contributed by atoms with E-state index in [1.54, 1.807) is 6.07 Å². The Balaban J connectivity index is 2.01. The first-order valence-electron chi connectivity index (χ1n) is 5.45. The number of hydrogen-bond donors (Lipinski definition) is 1. The van der Waals surface area contributed by atoms with Gasteiger partial charge in [0.05, 0.1) is 0 Å². The van der Waals surface area contributed by atoms with Crippen molar-refractivity contribution in [1.29, 1.82) is 0 Å². The van der Waals surface area contributed by atoms with Gasteiger partial charge >= 0.3 is 119 Å². The second-order valence-corrected chi connectivity index (χ2v) is 5.16. The van der Waals surface area contributed by atoms with Gasteiger partial charge < -0.3 is 0 Å². The quantitative estimate of drug-likeness (QED) is 0.861. The molecule has 0 fully saturated rings. The molecule has 0 heterocycles. The molecule has 18 heavy (non-hydrogen) atoms. The van der Waals surface area contributed by atoms with Gasteiger partial charge in [-0.3, -0.25) is 0 Å². The Morgan fingerprint density at radius 2 is 1.78 bits per heavy atom. The van der Waals surface area contributed by atoms with Crippen LogP contribution in [-0.4, -0.2) is 21.9 Å². The van der Waals surface area contributed by atoms with Crippen molar-refractivity contribution in [3.63, 3.8) is 0 Å². The molecule has 0 aliphatic rings. The van der Waals surface area contributed by atoms with Crippen LogP contribution in [-0.2, 0) is 6.54 Å². The molecule has 0 aliphatic carbocycles. The number of halogens is 1. The van der Waals surface area contributed by atoms with Gasteiger partial charge in [0.25, 0.3) is 0 Å². The molecule has 0 bridgehead atoms. The van der Waals surface area contributed by atoms with Crippen LogP contribution in [0, 0.1) is 0 Å². The van der Waals surface area contributed by atoms with Crippen LogP contribution in [0.15, 0.2) is 48.5 Å². The Hall–Kier alpha value is -1.28. The zero-order valence-electron chi connectivity index (χ0n) is 9.52. The molecular formula is C14H11ClNOSe. The molecule has 0 atom stereocenters. The van der Waals surface area contributed by atoms with Gasteiger partial charge in [-0.05, 0) is 0 Å². The monoisotopic (exact) mass is 324 g/mol. The summed E-state index contributed by atoms with van der Waals surface area (Å²) in [5, 5.41) is 3.57. The summed E-state index contributed by atoms with van der Waals surface area (Å²) < 4.78 is 0.853. The van der Waals surface area contributed by atoms with Gasteiger partial charge in [0, 0.05) is 0 Å². The summed E-state index contributed by atoms with van der Waals surface area (Å²) in [5.74, 6) is -0.0840. The van der Waals surface area contributed by atoms with E-state index in [4.69, 9.17) is 11.6 Å². The zero-order chi connectivity index (χ0) is 13.0.